The van der Waals surface area contributed by atoms with Crippen molar-refractivity contribution < 1.29 is 9.59 Å². The zero-order valence-electron chi connectivity index (χ0n) is 13.0. The van der Waals surface area contributed by atoms with Crippen LogP contribution in [0, 0.1) is 0 Å². The van der Waals surface area contributed by atoms with Crippen LogP contribution in [0.4, 0.5) is 0 Å². The maximum atomic E-state index is 12.1. The van der Waals surface area contributed by atoms with Gasteiger partial charge in [0.25, 0.3) is 11.8 Å². The van der Waals surface area contributed by atoms with Gasteiger partial charge in [-0.05, 0) is 36.4 Å². The highest BCUT2D eigenvalue weighted by atomic mass is 35.5. The molecule has 2 aromatic carbocycles. The average molecular weight is 377 g/mol. The Labute approximate surface area is 153 Å². The maximum absolute atomic E-state index is 12.1. The number of aromatic amines is 1. The van der Waals surface area contributed by atoms with Crippen molar-refractivity contribution in [1.82, 2.24) is 20.6 Å². The second-order valence-corrected chi connectivity index (χ2v) is 6.09. The van der Waals surface area contributed by atoms with Crippen molar-refractivity contribution in [3.63, 3.8) is 0 Å². The Kier molecular flexibility index (Phi) is 5.21. The number of amides is 2. The molecule has 3 N–H and O–H groups in total. The molecule has 0 saturated carbocycles. The molecule has 0 bridgehead atoms. The van der Waals surface area contributed by atoms with Crippen LogP contribution in [-0.4, -0.2) is 34.9 Å². The summed E-state index contributed by atoms with van der Waals surface area (Å²) in [6.07, 6.45) is 1.57. The van der Waals surface area contributed by atoms with Crippen molar-refractivity contribution in [3.05, 3.63) is 63.9 Å². The third-order valence-corrected chi connectivity index (χ3v) is 4.30. The van der Waals surface area contributed by atoms with Gasteiger partial charge < -0.3 is 15.6 Å². The van der Waals surface area contributed by atoms with E-state index in [0.717, 1.165) is 11.0 Å². The van der Waals surface area contributed by atoms with E-state index >= 15 is 0 Å². The summed E-state index contributed by atoms with van der Waals surface area (Å²) in [5.74, 6) is -0.507. The molecule has 0 saturated heterocycles. The van der Waals surface area contributed by atoms with Crippen LogP contribution in [0.15, 0.2) is 42.7 Å². The van der Waals surface area contributed by atoms with E-state index in [9.17, 15) is 9.59 Å². The smallest absolute Gasteiger partial charge is 0.251 e. The summed E-state index contributed by atoms with van der Waals surface area (Å²) in [5, 5.41) is 6.16. The van der Waals surface area contributed by atoms with Gasteiger partial charge in [-0.3, -0.25) is 9.59 Å². The van der Waals surface area contributed by atoms with Gasteiger partial charge in [-0.25, -0.2) is 4.98 Å². The number of benzene rings is 2. The van der Waals surface area contributed by atoms with Crippen LogP contribution in [0.3, 0.4) is 0 Å². The van der Waals surface area contributed by atoms with Crippen LogP contribution >= 0.6 is 23.2 Å². The number of carbonyl (C=O) groups excluding carboxylic acids is 2. The molecule has 0 radical (unpaired) electrons. The van der Waals surface area contributed by atoms with Crippen molar-refractivity contribution in [3.8, 4) is 0 Å². The van der Waals surface area contributed by atoms with E-state index in [0.29, 0.717) is 27.7 Å². The summed E-state index contributed by atoms with van der Waals surface area (Å²) in [6, 6.07) is 9.84. The van der Waals surface area contributed by atoms with E-state index in [2.05, 4.69) is 20.6 Å². The normalized spacial score (nSPS) is 10.6. The lowest BCUT2D eigenvalue weighted by molar-refractivity contribution is 0.0928. The Morgan fingerprint density at radius 3 is 2.24 bits per heavy atom. The third-order valence-electron chi connectivity index (χ3n) is 3.56. The second kappa shape index (κ2) is 7.55. The van der Waals surface area contributed by atoms with Crippen molar-refractivity contribution in [1.29, 1.82) is 0 Å². The second-order valence-electron chi connectivity index (χ2n) is 5.28. The molecule has 1 aromatic heterocycles. The highest BCUT2D eigenvalue weighted by Gasteiger charge is 2.09. The lowest BCUT2D eigenvalue weighted by Crippen LogP contribution is -2.34. The van der Waals surface area contributed by atoms with Gasteiger partial charge in [0.15, 0.2) is 0 Å². The number of hydrogen-bond donors (Lipinski definition) is 3. The van der Waals surface area contributed by atoms with Crippen molar-refractivity contribution in [2.45, 2.75) is 0 Å². The summed E-state index contributed by atoms with van der Waals surface area (Å²) in [7, 11) is 0. The topological polar surface area (TPSA) is 86.9 Å². The van der Waals surface area contributed by atoms with E-state index in [1.165, 1.54) is 6.07 Å². The zero-order valence-corrected chi connectivity index (χ0v) is 14.5. The fourth-order valence-corrected chi connectivity index (χ4v) is 2.57. The minimum absolute atomic E-state index is 0.222. The number of nitrogens with zero attached hydrogens (tertiary/aromatic N) is 1. The number of rotatable bonds is 5. The van der Waals surface area contributed by atoms with E-state index in [-0.39, 0.29) is 18.4 Å². The van der Waals surface area contributed by atoms with Gasteiger partial charge in [0.05, 0.1) is 27.4 Å². The molecule has 0 aliphatic heterocycles. The van der Waals surface area contributed by atoms with Crippen molar-refractivity contribution in [2.75, 3.05) is 13.1 Å². The molecule has 6 nitrogen and oxygen atoms in total. The lowest BCUT2D eigenvalue weighted by atomic mass is 10.2. The van der Waals surface area contributed by atoms with E-state index in [1.54, 1.807) is 36.7 Å². The first-order valence-electron chi connectivity index (χ1n) is 7.49. The zero-order chi connectivity index (χ0) is 17.8. The Hall–Kier alpha value is -2.57. The molecule has 25 heavy (non-hydrogen) atoms. The molecule has 0 aliphatic carbocycles. The van der Waals surface area contributed by atoms with Gasteiger partial charge in [-0.1, -0.05) is 23.2 Å². The van der Waals surface area contributed by atoms with E-state index in [1.807, 2.05) is 0 Å². The fourth-order valence-electron chi connectivity index (χ4n) is 2.27. The SMILES string of the molecule is O=C(NCCNC(=O)c1ccc2nc[nH]c2c1)c1ccc(Cl)c(Cl)c1. The number of nitrogens with one attached hydrogen (secondary N) is 3. The number of hydrogen-bond acceptors (Lipinski definition) is 3. The standard InChI is InChI=1S/C17H14Cl2N4O2/c18-12-3-1-10(7-13(12)19)16(24)20-5-6-21-17(25)11-2-4-14-15(8-11)23-9-22-14/h1-4,7-9H,5-6H2,(H,20,24)(H,21,25)(H,22,23). The van der Waals surface area contributed by atoms with Gasteiger partial charge in [-0.15, -0.1) is 0 Å². The highest BCUT2D eigenvalue weighted by molar-refractivity contribution is 6.42. The first-order chi connectivity index (χ1) is 12.0. The summed E-state index contributed by atoms with van der Waals surface area (Å²) in [5.41, 5.74) is 2.52. The quantitative estimate of drug-likeness (QED) is 0.598. The molecule has 1 heterocycles. The lowest BCUT2D eigenvalue weighted by Gasteiger charge is -2.08. The third kappa shape index (κ3) is 4.10. The van der Waals surface area contributed by atoms with Gasteiger partial charge in [0.2, 0.25) is 0 Å². The van der Waals surface area contributed by atoms with Crippen LogP contribution in [-0.2, 0) is 0 Å². The summed E-state index contributed by atoms with van der Waals surface area (Å²) in [6.45, 7) is 0.587. The predicted octanol–water partition coefficient (Wildman–Crippen LogP) is 3.03. The first-order valence-corrected chi connectivity index (χ1v) is 8.25. The molecule has 3 rings (SSSR count). The Bertz CT molecular complexity index is 939. The average Bonchev–Trinajstić information content (AvgIpc) is 3.08. The Morgan fingerprint density at radius 1 is 0.920 bits per heavy atom. The maximum Gasteiger partial charge on any atom is 0.251 e. The summed E-state index contributed by atoms with van der Waals surface area (Å²) >= 11 is 11.7. The largest absolute Gasteiger partial charge is 0.350 e. The Morgan fingerprint density at radius 2 is 1.56 bits per heavy atom. The number of H-pyrrole nitrogens is 1. The molecule has 2 amide bonds. The highest BCUT2D eigenvalue weighted by Crippen LogP contribution is 2.22. The van der Waals surface area contributed by atoms with Gasteiger partial charge >= 0.3 is 0 Å². The molecular formula is C17H14Cl2N4O2. The van der Waals surface area contributed by atoms with Gasteiger partial charge in [0.1, 0.15) is 0 Å². The van der Waals surface area contributed by atoms with Crippen molar-refractivity contribution in [2.24, 2.45) is 0 Å². The van der Waals surface area contributed by atoms with Crippen LogP contribution < -0.4 is 10.6 Å². The minimum atomic E-state index is -0.285. The number of aromatic nitrogens is 2. The minimum Gasteiger partial charge on any atom is -0.350 e. The monoisotopic (exact) mass is 376 g/mol. The first kappa shape index (κ1) is 17.3. The predicted molar refractivity (Wildman–Crippen MR) is 97.2 cm³/mol. The molecule has 0 fully saturated rings. The molecule has 3 aromatic rings. The van der Waals surface area contributed by atoms with Crippen molar-refractivity contribution >= 4 is 46.0 Å². The number of imidazole rings is 1. The molecule has 8 heteroatoms. The number of fused-ring (bicyclic) bond motifs is 1. The fraction of sp³-hybridized carbons (Fsp3) is 0.118. The Balaban J connectivity index is 1.49. The van der Waals surface area contributed by atoms with Gasteiger partial charge in [-0.2, -0.15) is 0 Å². The van der Waals surface area contributed by atoms with E-state index < -0.39 is 0 Å². The van der Waals surface area contributed by atoms with Gasteiger partial charge in [0, 0.05) is 24.2 Å². The number of carbonyl (C=O) groups is 2. The van der Waals surface area contributed by atoms with Crippen LogP contribution in [0.5, 0.6) is 0 Å². The molecule has 0 spiro atoms. The van der Waals surface area contributed by atoms with Crippen LogP contribution in [0.25, 0.3) is 11.0 Å². The molecular weight excluding hydrogens is 363 g/mol. The van der Waals surface area contributed by atoms with Crippen LogP contribution in [0.1, 0.15) is 20.7 Å². The molecule has 0 atom stereocenters. The number of halogens is 2. The molecule has 128 valence electrons. The molecule has 0 unspecified atom stereocenters. The van der Waals surface area contributed by atoms with E-state index in [4.69, 9.17) is 23.2 Å². The molecule has 0 aliphatic rings. The summed E-state index contributed by atoms with van der Waals surface area (Å²) in [4.78, 5) is 31.2. The van der Waals surface area contributed by atoms with Crippen LogP contribution in [0.2, 0.25) is 10.0 Å². The summed E-state index contributed by atoms with van der Waals surface area (Å²) < 4.78 is 0.